The van der Waals surface area contributed by atoms with Gasteiger partial charge in [-0.05, 0) is 36.2 Å². The molecule has 7 nitrogen and oxygen atoms in total. The van der Waals surface area contributed by atoms with Crippen molar-refractivity contribution in [3.05, 3.63) is 100.0 Å². The molecule has 0 bridgehead atoms. The molecule has 0 saturated heterocycles. The number of fused-ring (bicyclic) bond motifs is 1. The van der Waals surface area contributed by atoms with E-state index in [1.165, 1.54) is 4.68 Å². The van der Waals surface area contributed by atoms with E-state index in [0.717, 1.165) is 11.1 Å². The molecule has 0 aliphatic carbocycles. The summed E-state index contributed by atoms with van der Waals surface area (Å²) in [6, 6.07) is 22.1. The predicted octanol–water partition coefficient (Wildman–Crippen LogP) is 3.78. The number of hydrogen-bond acceptors (Lipinski definition) is 5. The fourth-order valence-corrected chi connectivity index (χ4v) is 3.63. The van der Waals surface area contributed by atoms with Crippen molar-refractivity contribution in [1.29, 1.82) is 0 Å². The zero-order chi connectivity index (χ0) is 23.2. The highest BCUT2D eigenvalue weighted by Gasteiger charge is 2.17. The van der Waals surface area contributed by atoms with E-state index in [1.807, 2.05) is 55.5 Å². The van der Waals surface area contributed by atoms with E-state index in [-0.39, 0.29) is 30.2 Å². The molecule has 0 atom stereocenters. The van der Waals surface area contributed by atoms with E-state index in [9.17, 15) is 9.59 Å². The minimum Gasteiger partial charge on any atom is -0.493 e. The van der Waals surface area contributed by atoms with E-state index in [2.05, 4.69) is 10.4 Å². The minimum atomic E-state index is -0.360. The van der Waals surface area contributed by atoms with Crippen LogP contribution in [0.1, 0.15) is 28.5 Å². The summed E-state index contributed by atoms with van der Waals surface area (Å²) in [5.74, 6) is 0.889. The third-order valence-corrected chi connectivity index (χ3v) is 5.24. The SMILES string of the molecule is CCOc1ccc(CNC(=O)c2nn(Cc3ccccc3)c(=O)c3ccccc23)cc1OC. The van der Waals surface area contributed by atoms with E-state index in [1.54, 1.807) is 31.4 Å². The maximum absolute atomic E-state index is 13.1. The Hall–Kier alpha value is -4.13. The molecule has 4 rings (SSSR count). The quantitative estimate of drug-likeness (QED) is 0.448. The summed E-state index contributed by atoms with van der Waals surface area (Å²) in [5.41, 5.74) is 1.75. The standard InChI is InChI=1S/C26H25N3O4/c1-3-33-22-14-13-19(15-23(22)32-2)16-27-25(30)24-20-11-7-8-12-21(20)26(31)29(28-24)17-18-9-5-4-6-10-18/h4-15H,3,16-17H2,1-2H3,(H,27,30). The smallest absolute Gasteiger partial charge is 0.274 e. The van der Waals surface area contributed by atoms with Crippen molar-refractivity contribution < 1.29 is 14.3 Å². The normalized spacial score (nSPS) is 10.7. The molecule has 168 valence electrons. The lowest BCUT2D eigenvalue weighted by atomic mass is 10.1. The number of nitrogens with one attached hydrogen (secondary N) is 1. The van der Waals surface area contributed by atoms with Crippen LogP contribution in [0.3, 0.4) is 0 Å². The van der Waals surface area contributed by atoms with Crippen molar-refractivity contribution in [1.82, 2.24) is 15.1 Å². The van der Waals surface area contributed by atoms with Crippen LogP contribution in [0, 0.1) is 0 Å². The number of hydrogen-bond donors (Lipinski definition) is 1. The third kappa shape index (κ3) is 4.87. The molecule has 7 heteroatoms. The Morgan fingerprint density at radius 2 is 1.67 bits per heavy atom. The lowest BCUT2D eigenvalue weighted by molar-refractivity contribution is 0.0945. The van der Waals surface area contributed by atoms with Gasteiger partial charge in [-0.3, -0.25) is 9.59 Å². The Balaban J connectivity index is 1.62. The number of rotatable bonds is 8. The van der Waals surface area contributed by atoms with Gasteiger partial charge in [0.05, 0.1) is 25.6 Å². The van der Waals surface area contributed by atoms with Crippen LogP contribution >= 0.6 is 0 Å². The van der Waals surface area contributed by atoms with Crippen molar-refractivity contribution in [3.63, 3.8) is 0 Å². The molecule has 0 fully saturated rings. The molecule has 1 aromatic heterocycles. The maximum atomic E-state index is 13.1. The zero-order valence-electron chi connectivity index (χ0n) is 18.6. The number of nitrogens with zero attached hydrogens (tertiary/aromatic N) is 2. The average Bonchev–Trinajstić information content (AvgIpc) is 2.85. The Bertz CT molecular complexity index is 1330. The monoisotopic (exact) mass is 443 g/mol. The zero-order valence-corrected chi connectivity index (χ0v) is 18.6. The second-order valence-electron chi connectivity index (χ2n) is 7.44. The summed E-state index contributed by atoms with van der Waals surface area (Å²) in [5, 5.41) is 8.31. The summed E-state index contributed by atoms with van der Waals surface area (Å²) in [7, 11) is 1.58. The molecule has 4 aromatic rings. The van der Waals surface area contributed by atoms with Crippen LogP contribution in [0.4, 0.5) is 0 Å². The summed E-state index contributed by atoms with van der Waals surface area (Å²) in [4.78, 5) is 26.1. The molecule has 0 radical (unpaired) electrons. The topological polar surface area (TPSA) is 82.5 Å². The molecule has 1 amide bonds. The lowest BCUT2D eigenvalue weighted by Crippen LogP contribution is -2.30. The van der Waals surface area contributed by atoms with Crippen LogP contribution in [0.15, 0.2) is 77.6 Å². The number of aromatic nitrogens is 2. The van der Waals surface area contributed by atoms with Crippen LogP contribution in [-0.4, -0.2) is 29.4 Å². The Morgan fingerprint density at radius 3 is 2.39 bits per heavy atom. The summed E-state index contributed by atoms with van der Waals surface area (Å²) < 4.78 is 12.3. The first-order chi connectivity index (χ1) is 16.1. The molecule has 0 spiro atoms. The van der Waals surface area contributed by atoms with Gasteiger partial charge >= 0.3 is 0 Å². The Kier molecular flexibility index (Phi) is 6.69. The van der Waals surface area contributed by atoms with Gasteiger partial charge in [0.25, 0.3) is 11.5 Å². The van der Waals surface area contributed by atoms with Gasteiger partial charge in [0.2, 0.25) is 0 Å². The van der Waals surface area contributed by atoms with E-state index in [0.29, 0.717) is 28.9 Å². The first-order valence-corrected chi connectivity index (χ1v) is 10.7. The maximum Gasteiger partial charge on any atom is 0.274 e. The molecule has 0 aliphatic rings. The lowest BCUT2D eigenvalue weighted by Gasteiger charge is -2.13. The van der Waals surface area contributed by atoms with Crippen LogP contribution in [-0.2, 0) is 13.1 Å². The Labute approximate surface area is 191 Å². The Morgan fingerprint density at radius 1 is 0.939 bits per heavy atom. The van der Waals surface area contributed by atoms with Gasteiger partial charge < -0.3 is 14.8 Å². The van der Waals surface area contributed by atoms with Gasteiger partial charge in [-0.25, -0.2) is 4.68 Å². The molecule has 1 heterocycles. The van der Waals surface area contributed by atoms with Gasteiger partial charge in [-0.1, -0.05) is 54.6 Å². The summed E-state index contributed by atoms with van der Waals surface area (Å²) in [6.45, 7) is 2.99. The van der Waals surface area contributed by atoms with Crippen LogP contribution in [0.2, 0.25) is 0 Å². The highest BCUT2D eigenvalue weighted by molar-refractivity contribution is 6.04. The van der Waals surface area contributed by atoms with Crippen molar-refractivity contribution in [3.8, 4) is 11.5 Å². The number of amides is 1. The molecular formula is C26H25N3O4. The van der Waals surface area contributed by atoms with Gasteiger partial charge in [0.15, 0.2) is 17.2 Å². The molecule has 0 aliphatic heterocycles. The first-order valence-electron chi connectivity index (χ1n) is 10.7. The predicted molar refractivity (Wildman–Crippen MR) is 127 cm³/mol. The molecule has 33 heavy (non-hydrogen) atoms. The molecular weight excluding hydrogens is 418 g/mol. The first kappa shape index (κ1) is 22.1. The van der Waals surface area contributed by atoms with Crippen molar-refractivity contribution in [2.75, 3.05) is 13.7 Å². The minimum absolute atomic E-state index is 0.207. The molecule has 0 unspecified atom stereocenters. The van der Waals surface area contributed by atoms with Crippen LogP contribution in [0.25, 0.3) is 10.8 Å². The van der Waals surface area contributed by atoms with Crippen molar-refractivity contribution >= 4 is 16.7 Å². The largest absolute Gasteiger partial charge is 0.493 e. The fourth-order valence-electron chi connectivity index (χ4n) is 3.63. The number of methoxy groups -OCH3 is 1. The summed E-state index contributed by atoms with van der Waals surface area (Å²) >= 11 is 0. The second-order valence-corrected chi connectivity index (χ2v) is 7.44. The molecule has 0 saturated carbocycles. The van der Waals surface area contributed by atoms with Gasteiger partial charge in [-0.15, -0.1) is 0 Å². The van der Waals surface area contributed by atoms with Gasteiger partial charge in [0.1, 0.15) is 0 Å². The number of benzene rings is 3. The average molecular weight is 444 g/mol. The highest BCUT2D eigenvalue weighted by atomic mass is 16.5. The van der Waals surface area contributed by atoms with Crippen molar-refractivity contribution in [2.45, 2.75) is 20.0 Å². The third-order valence-electron chi connectivity index (χ3n) is 5.24. The molecule has 1 N–H and O–H groups in total. The van der Waals surface area contributed by atoms with E-state index >= 15 is 0 Å². The summed E-state index contributed by atoms with van der Waals surface area (Å²) in [6.07, 6.45) is 0. The highest BCUT2D eigenvalue weighted by Crippen LogP contribution is 2.28. The van der Waals surface area contributed by atoms with Crippen molar-refractivity contribution in [2.24, 2.45) is 0 Å². The second kappa shape index (κ2) is 9.99. The van der Waals surface area contributed by atoms with Gasteiger partial charge in [-0.2, -0.15) is 5.10 Å². The number of ether oxygens (including phenoxy) is 2. The van der Waals surface area contributed by atoms with Crippen LogP contribution in [0.5, 0.6) is 11.5 Å². The number of carbonyl (C=O) groups is 1. The van der Waals surface area contributed by atoms with Gasteiger partial charge in [0, 0.05) is 11.9 Å². The number of carbonyl (C=O) groups excluding carboxylic acids is 1. The fraction of sp³-hybridized carbons (Fsp3) is 0.192. The van der Waals surface area contributed by atoms with E-state index < -0.39 is 0 Å². The molecule has 3 aromatic carbocycles. The van der Waals surface area contributed by atoms with E-state index in [4.69, 9.17) is 9.47 Å². The van der Waals surface area contributed by atoms with Crippen LogP contribution < -0.4 is 20.3 Å².